The number of aromatic nitrogens is 3. The molecule has 2 heterocycles. The number of carbonyl (C=O) groups excluding carboxylic acids is 3. The van der Waals surface area contributed by atoms with Gasteiger partial charge in [-0.3, -0.25) is 14.4 Å². The van der Waals surface area contributed by atoms with Crippen LogP contribution in [0.5, 0.6) is 0 Å². The standard InChI is InChI=1S/C27H24N6O4/c1-4-25(34)31-19-7-5-6-18(10-19)11-24-28-13-21(14-29-24)33-26(35)22-12-20(9-8-16(22)2)32-27(36)23-15-30-37-17(23)3/h4-10,12-15H,1,11H2,2-3H3,(H,31,34)(H,32,36)(H,33,35). The van der Waals surface area contributed by atoms with Crippen molar-refractivity contribution in [3.63, 3.8) is 0 Å². The van der Waals surface area contributed by atoms with Crippen LogP contribution in [0.1, 0.15) is 43.4 Å². The zero-order valence-corrected chi connectivity index (χ0v) is 20.2. The lowest BCUT2D eigenvalue weighted by Crippen LogP contribution is -2.16. The van der Waals surface area contributed by atoms with E-state index in [0.717, 1.165) is 11.1 Å². The number of hydrogen-bond acceptors (Lipinski definition) is 7. The summed E-state index contributed by atoms with van der Waals surface area (Å²) in [4.78, 5) is 45.6. The molecular formula is C27H24N6O4. The van der Waals surface area contributed by atoms with Crippen LogP contribution in [-0.2, 0) is 11.2 Å². The molecular weight excluding hydrogens is 472 g/mol. The normalized spacial score (nSPS) is 10.4. The van der Waals surface area contributed by atoms with Gasteiger partial charge in [0.05, 0.1) is 24.3 Å². The van der Waals surface area contributed by atoms with Crippen molar-refractivity contribution in [1.82, 2.24) is 15.1 Å². The highest BCUT2D eigenvalue weighted by atomic mass is 16.5. The Morgan fingerprint density at radius 1 is 0.865 bits per heavy atom. The summed E-state index contributed by atoms with van der Waals surface area (Å²) in [5, 5.41) is 11.9. The number of anilines is 3. The maximum atomic E-state index is 12.9. The maximum Gasteiger partial charge on any atom is 0.260 e. The topological polar surface area (TPSA) is 139 Å². The molecule has 0 fully saturated rings. The quantitative estimate of drug-likeness (QED) is 0.309. The van der Waals surface area contributed by atoms with Gasteiger partial charge in [-0.05, 0) is 55.3 Å². The van der Waals surface area contributed by atoms with E-state index in [4.69, 9.17) is 4.52 Å². The van der Waals surface area contributed by atoms with E-state index in [0.29, 0.717) is 46.2 Å². The van der Waals surface area contributed by atoms with Gasteiger partial charge in [0.1, 0.15) is 17.1 Å². The van der Waals surface area contributed by atoms with Crippen LogP contribution in [0.4, 0.5) is 17.1 Å². The molecule has 0 bridgehead atoms. The van der Waals surface area contributed by atoms with Crippen molar-refractivity contribution >= 4 is 34.8 Å². The molecule has 10 nitrogen and oxygen atoms in total. The lowest BCUT2D eigenvalue weighted by molar-refractivity contribution is -0.111. The molecule has 0 saturated heterocycles. The van der Waals surface area contributed by atoms with Gasteiger partial charge >= 0.3 is 0 Å². The first-order valence-electron chi connectivity index (χ1n) is 11.3. The third-order valence-electron chi connectivity index (χ3n) is 5.44. The van der Waals surface area contributed by atoms with E-state index in [-0.39, 0.29) is 17.7 Å². The maximum absolute atomic E-state index is 12.9. The van der Waals surface area contributed by atoms with Crippen LogP contribution in [0, 0.1) is 13.8 Å². The molecule has 0 unspecified atom stereocenters. The molecule has 0 radical (unpaired) electrons. The molecule has 37 heavy (non-hydrogen) atoms. The number of hydrogen-bond donors (Lipinski definition) is 3. The Hall–Kier alpha value is -5.12. The molecule has 4 aromatic rings. The van der Waals surface area contributed by atoms with Crippen molar-refractivity contribution in [3.05, 3.63) is 108 Å². The number of nitrogens with one attached hydrogen (secondary N) is 3. The average Bonchev–Trinajstić information content (AvgIpc) is 3.32. The summed E-state index contributed by atoms with van der Waals surface area (Å²) in [5.74, 6) is -0.0846. The molecule has 2 aromatic carbocycles. The van der Waals surface area contributed by atoms with Gasteiger partial charge in [-0.2, -0.15) is 0 Å². The monoisotopic (exact) mass is 496 g/mol. The van der Waals surface area contributed by atoms with E-state index < -0.39 is 0 Å². The first kappa shape index (κ1) is 25.0. The van der Waals surface area contributed by atoms with E-state index in [1.165, 1.54) is 24.7 Å². The number of aryl methyl sites for hydroxylation is 2. The zero-order chi connectivity index (χ0) is 26.4. The van der Waals surface area contributed by atoms with Crippen LogP contribution < -0.4 is 16.0 Å². The summed E-state index contributed by atoms with van der Waals surface area (Å²) in [6, 6.07) is 12.4. The molecule has 0 aliphatic carbocycles. The summed E-state index contributed by atoms with van der Waals surface area (Å²) >= 11 is 0. The van der Waals surface area contributed by atoms with Gasteiger partial charge in [-0.1, -0.05) is 29.9 Å². The predicted octanol–water partition coefficient (Wildman–Crippen LogP) is 4.30. The van der Waals surface area contributed by atoms with Gasteiger partial charge in [-0.15, -0.1) is 0 Å². The van der Waals surface area contributed by atoms with E-state index in [1.54, 1.807) is 38.1 Å². The van der Waals surface area contributed by atoms with Crippen LogP contribution >= 0.6 is 0 Å². The van der Waals surface area contributed by atoms with E-state index in [1.807, 2.05) is 18.2 Å². The highest BCUT2D eigenvalue weighted by Gasteiger charge is 2.16. The Morgan fingerprint density at radius 2 is 1.57 bits per heavy atom. The Morgan fingerprint density at radius 3 is 2.27 bits per heavy atom. The van der Waals surface area contributed by atoms with Crippen molar-refractivity contribution in [2.75, 3.05) is 16.0 Å². The zero-order valence-electron chi connectivity index (χ0n) is 20.2. The summed E-state index contributed by atoms with van der Waals surface area (Å²) in [6.45, 7) is 6.89. The smallest absolute Gasteiger partial charge is 0.260 e. The molecule has 186 valence electrons. The van der Waals surface area contributed by atoms with Crippen LogP contribution in [0.2, 0.25) is 0 Å². The van der Waals surface area contributed by atoms with Crippen LogP contribution in [-0.4, -0.2) is 32.8 Å². The number of amides is 3. The summed E-state index contributed by atoms with van der Waals surface area (Å²) < 4.78 is 4.93. The van der Waals surface area contributed by atoms with Crippen molar-refractivity contribution in [2.24, 2.45) is 0 Å². The molecule has 10 heteroatoms. The fraction of sp³-hybridized carbons (Fsp3) is 0.111. The Bertz CT molecular complexity index is 1480. The van der Waals surface area contributed by atoms with E-state index in [9.17, 15) is 14.4 Å². The predicted molar refractivity (Wildman–Crippen MR) is 138 cm³/mol. The third-order valence-corrected chi connectivity index (χ3v) is 5.44. The largest absolute Gasteiger partial charge is 0.361 e. The molecule has 3 amide bonds. The number of benzene rings is 2. The van der Waals surface area contributed by atoms with Gasteiger partial charge in [0.15, 0.2) is 0 Å². The minimum atomic E-state index is -0.383. The molecule has 0 aliphatic heterocycles. The number of carbonyl (C=O) groups is 3. The first-order valence-corrected chi connectivity index (χ1v) is 11.3. The second-order valence-electron chi connectivity index (χ2n) is 8.19. The van der Waals surface area contributed by atoms with Gasteiger partial charge in [0.2, 0.25) is 5.91 Å². The van der Waals surface area contributed by atoms with Crippen molar-refractivity contribution in [3.8, 4) is 0 Å². The molecule has 0 saturated carbocycles. The van der Waals surface area contributed by atoms with Gasteiger partial charge in [-0.25, -0.2) is 9.97 Å². The lowest BCUT2D eigenvalue weighted by atomic mass is 10.1. The Kier molecular flexibility index (Phi) is 7.48. The van der Waals surface area contributed by atoms with Gasteiger partial charge in [0.25, 0.3) is 11.8 Å². The number of rotatable bonds is 8. The average molecular weight is 497 g/mol. The lowest BCUT2D eigenvalue weighted by Gasteiger charge is -2.11. The fourth-order valence-corrected chi connectivity index (χ4v) is 3.50. The third kappa shape index (κ3) is 6.31. The molecule has 4 rings (SSSR count). The Balaban J connectivity index is 1.41. The van der Waals surface area contributed by atoms with Crippen LogP contribution in [0.25, 0.3) is 0 Å². The molecule has 2 aromatic heterocycles. The van der Waals surface area contributed by atoms with Crippen molar-refractivity contribution in [2.45, 2.75) is 20.3 Å². The van der Waals surface area contributed by atoms with Crippen molar-refractivity contribution < 1.29 is 18.9 Å². The minimum Gasteiger partial charge on any atom is -0.361 e. The SMILES string of the molecule is C=CC(=O)Nc1cccc(Cc2ncc(NC(=O)c3cc(NC(=O)c4cnoc4C)ccc3C)cn2)c1. The minimum absolute atomic E-state index is 0.290. The van der Waals surface area contributed by atoms with Crippen molar-refractivity contribution in [1.29, 1.82) is 0 Å². The Labute approximate surface area is 212 Å². The second kappa shape index (κ2) is 11.1. The summed E-state index contributed by atoms with van der Waals surface area (Å²) in [6.07, 6.45) is 6.04. The highest BCUT2D eigenvalue weighted by Crippen LogP contribution is 2.19. The first-order chi connectivity index (χ1) is 17.8. The van der Waals surface area contributed by atoms with Crippen LogP contribution in [0.15, 0.2) is 78.2 Å². The fourth-order valence-electron chi connectivity index (χ4n) is 3.50. The van der Waals surface area contributed by atoms with Crippen LogP contribution in [0.3, 0.4) is 0 Å². The van der Waals surface area contributed by atoms with E-state index in [2.05, 4.69) is 37.7 Å². The molecule has 0 aliphatic rings. The molecule has 0 atom stereocenters. The second-order valence-corrected chi connectivity index (χ2v) is 8.19. The van der Waals surface area contributed by atoms with Gasteiger partial charge in [0, 0.05) is 23.4 Å². The number of nitrogens with zero attached hydrogens (tertiary/aromatic N) is 3. The molecule has 3 N–H and O–H groups in total. The van der Waals surface area contributed by atoms with Gasteiger partial charge < -0.3 is 20.5 Å². The highest BCUT2D eigenvalue weighted by molar-refractivity contribution is 6.08. The molecule has 0 spiro atoms. The summed E-state index contributed by atoms with van der Waals surface area (Å²) in [5.41, 5.74) is 3.89. The summed E-state index contributed by atoms with van der Waals surface area (Å²) in [7, 11) is 0. The van der Waals surface area contributed by atoms with E-state index >= 15 is 0 Å².